The summed E-state index contributed by atoms with van der Waals surface area (Å²) < 4.78 is 0. The normalized spacial score (nSPS) is 24.9. The summed E-state index contributed by atoms with van der Waals surface area (Å²) in [6.07, 6.45) is 2.32. The van der Waals surface area contributed by atoms with Crippen LogP contribution in [0.1, 0.15) is 30.7 Å². The molecule has 2 N–H and O–H groups in total. The molecule has 5 heteroatoms. The minimum absolute atomic E-state index is 0.0606. The summed E-state index contributed by atoms with van der Waals surface area (Å²) in [5, 5.41) is 12.5. The first kappa shape index (κ1) is 13.0. The molecule has 1 saturated heterocycles. The van der Waals surface area contributed by atoms with Crippen LogP contribution in [0.4, 0.5) is 5.69 Å². The van der Waals surface area contributed by atoms with Gasteiger partial charge in [0.25, 0.3) is 0 Å². The molecule has 3 rings (SSSR count). The van der Waals surface area contributed by atoms with Crippen molar-refractivity contribution in [3.63, 3.8) is 0 Å². The molecule has 2 aliphatic rings. The van der Waals surface area contributed by atoms with E-state index in [9.17, 15) is 14.7 Å². The first-order valence-electron chi connectivity index (χ1n) is 7.04. The monoisotopic (exact) mass is 274 g/mol. The second-order valence-electron chi connectivity index (χ2n) is 5.40. The molecular formula is C15H18N2O3. The second kappa shape index (κ2) is 5.15. The Morgan fingerprint density at radius 2 is 2.05 bits per heavy atom. The van der Waals surface area contributed by atoms with Gasteiger partial charge in [-0.15, -0.1) is 0 Å². The van der Waals surface area contributed by atoms with Crippen molar-refractivity contribution in [1.82, 2.24) is 4.90 Å². The molecule has 2 heterocycles. The van der Waals surface area contributed by atoms with E-state index in [4.69, 9.17) is 0 Å². The van der Waals surface area contributed by atoms with E-state index in [1.165, 1.54) is 0 Å². The molecule has 0 spiro atoms. The third-order valence-electron chi connectivity index (χ3n) is 4.20. The van der Waals surface area contributed by atoms with Gasteiger partial charge in [-0.2, -0.15) is 0 Å². The van der Waals surface area contributed by atoms with Crippen LogP contribution >= 0.6 is 0 Å². The van der Waals surface area contributed by atoms with E-state index in [2.05, 4.69) is 5.32 Å². The summed E-state index contributed by atoms with van der Waals surface area (Å²) in [6.45, 7) is 1.11. The maximum atomic E-state index is 12.7. The van der Waals surface area contributed by atoms with Gasteiger partial charge in [0.15, 0.2) is 0 Å². The molecule has 2 atom stereocenters. The number of carboxylic acid groups (broad SMARTS) is 1. The standard InChI is InChI=1S/C15H18N2O3/c18-14(17-8-4-3-7-13(17)15(19)20)11-9-16-12-6-2-1-5-10(11)12/h1-2,5-6,11,13,16H,3-4,7-9H2,(H,19,20)/t11?,13-/m1/s1. The number of nitrogens with zero attached hydrogens (tertiary/aromatic N) is 1. The summed E-state index contributed by atoms with van der Waals surface area (Å²) in [5.41, 5.74) is 1.96. The van der Waals surface area contributed by atoms with Crippen LogP contribution in [0.5, 0.6) is 0 Å². The highest BCUT2D eigenvalue weighted by atomic mass is 16.4. The maximum Gasteiger partial charge on any atom is 0.326 e. The fourth-order valence-corrected chi connectivity index (χ4v) is 3.16. The average molecular weight is 274 g/mol. The molecule has 0 aromatic heterocycles. The minimum atomic E-state index is -0.891. The Morgan fingerprint density at radius 3 is 2.85 bits per heavy atom. The van der Waals surface area contributed by atoms with Gasteiger partial charge in [-0.3, -0.25) is 4.79 Å². The van der Waals surface area contributed by atoms with Crippen molar-refractivity contribution in [1.29, 1.82) is 0 Å². The summed E-state index contributed by atoms with van der Waals surface area (Å²) in [5.74, 6) is -1.21. The van der Waals surface area contributed by atoms with Crippen LogP contribution in [0.2, 0.25) is 0 Å². The van der Waals surface area contributed by atoms with Crippen molar-refractivity contribution in [3.05, 3.63) is 29.8 Å². The second-order valence-corrected chi connectivity index (χ2v) is 5.40. The van der Waals surface area contributed by atoms with Gasteiger partial charge >= 0.3 is 5.97 Å². The van der Waals surface area contributed by atoms with E-state index in [-0.39, 0.29) is 11.8 Å². The van der Waals surface area contributed by atoms with Gasteiger partial charge < -0.3 is 15.3 Å². The van der Waals surface area contributed by atoms with Crippen LogP contribution in [0.3, 0.4) is 0 Å². The maximum absolute atomic E-state index is 12.7. The molecule has 106 valence electrons. The predicted octanol–water partition coefficient (Wildman–Crippen LogP) is 1.66. The van der Waals surface area contributed by atoms with Gasteiger partial charge in [-0.1, -0.05) is 18.2 Å². The third-order valence-corrected chi connectivity index (χ3v) is 4.20. The molecule has 0 radical (unpaired) electrons. The molecule has 2 aliphatic heterocycles. The molecule has 1 aromatic rings. The lowest BCUT2D eigenvalue weighted by atomic mass is 9.95. The Labute approximate surface area is 117 Å². The van der Waals surface area contributed by atoms with Crippen molar-refractivity contribution < 1.29 is 14.7 Å². The molecule has 0 saturated carbocycles. The smallest absolute Gasteiger partial charge is 0.326 e. The zero-order chi connectivity index (χ0) is 14.1. The van der Waals surface area contributed by atoms with Crippen LogP contribution in [-0.4, -0.2) is 41.0 Å². The van der Waals surface area contributed by atoms with E-state index in [0.717, 1.165) is 24.1 Å². The largest absolute Gasteiger partial charge is 0.480 e. The third kappa shape index (κ3) is 2.13. The summed E-state index contributed by atoms with van der Waals surface area (Å²) in [4.78, 5) is 25.6. The molecule has 0 bridgehead atoms. The number of carboxylic acids is 1. The van der Waals surface area contributed by atoms with Gasteiger partial charge in [-0.25, -0.2) is 4.79 Å². The van der Waals surface area contributed by atoms with Crippen LogP contribution in [-0.2, 0) is 9.59 Å². The van der Waals surface area contributed by atoms with Crippen molar-refractivity contribution in [2.24, 2.45) is 0 Å². The molecule has 20 heavy (non-hydrogen) atoms. The zero-order valence-electron chi connectivity index (χ0n) is 11.2. The molecule has 1 amide bonds. The van der Waals surface area contributed by atoms with Gasteiger partial charge in [0.05, 0.1) is 5.92 Å². The van der Waals surface area contributed by atoms with E-state index >= 15 is 0 Å². The number of carbonyl (C=O) groups excluding carboxylic acids is 1. The number of para-hydroxylation sites is 1. The number of hydrogen-bond donors (Lipinski definition) is 2. The van der Waals surface area contributed by atoms with E-state index < -0.39 is 12.0 Å². The van der Waals surface area contributed by atoms with E-state index in [1.807, 2.05) is 24.3 Å². The van der Waals surface area contributed by atoms with Crippen LogP contribution < -0.4 is 5.32 Å². The van der Waals surface area contributed by atoms with Gasteiger partial charge in [0.1, 0.15) is 6.04 Å². The molecular weight excluding hydrogens is 256 g/mol. The Bertz CT molecular complexity index is 544. The fourth-order valence-electron chi connectivity index (χ4n) is 3.16. The number of likely N-dealkylation sites (tertiary alicyclic amines) is 1. The molecule has 1 aromatic carbocycles. The molecule has 1 fully saturated rings. The fraction of sp³-hybridized carbons (Fsp3) is 0.467. The van der Waals surface area contributed by atoms with Gasteiger partial charge in [-0.05, 0) is 30.9 Å². The highest BCUT2D eigenvalue weighted by Crippen LogP contribution is 2.33. The number of rotatable bonds is 2. The first-order chi connectivity index (χ1) is 9.68. The molecule has 0 aliphatic carbocycles. The van der Waals surface area contributed by atoms with Crippen LogP contribution in [0, 0.1) is 0 Å². The Morgan fingerprint density at radius 1 is 1.25 bits per heavy atom. The Kier molecular flexibility index (Phi) is 3.34. The summed E-state index contributed by atoms with van der Waals surface area (Å²) in [7, 11) is 0. The Balaban J connectivity index is 1.84. The number of benzene rings is 1. The highest BCUT2D eigenvalue weighted by Gasteiger charge is 2.38. The number of amides is 1. The van der Waals surface area contributed by atoms with Crippen LogP contribution in [0.15, 0.2) is 24.3 Å². The average Bonchev–Trinajstić information content (AvgIpc) is 2.90. The lowest BCUT2D eigenvalue weighted by Crippen LogP contribution is -2.49. The number of nitrogens with one attached hydrogen (secondary N) is 1. The quantitative estimate of drug-likeness (QED) is 0.860. The SMILES string of the molecule is O=C(O)[C@H]1CCCCN1C(=O)C1CNc2ccccc21. The minimum Gasteiger partial charge on any atom is -0.480 e. The van der Waals surface area contributed by atoms with Crippen LogP contribution in [0.25, 0.3) is 0 Å². The van der Waals surface area contributed by atoms with Gasteiger partial charge in [0, 0.05) is 18.8 Å². The van der Waals surface area contributed by atoms with E-state index in [1.54, 1.807) is 4.90 Å². The summed E-state index contributed by atoms with van der Waals surface area (Å²) in [6, 6.07) is 7.07. The Hall–Kier alpha value is -2.04. The number of piperidine rings is 1. The number of fused-ring (bicyclic) bond motifs is 1. The number of aliphatic carboxylic acids is 1. The first-order valence-corrected chi connectivity index (χ1v) is 7.04. The highest BCUT2D eigenvalue weighted by molar-refractivity contribution is 5.91. The predicted molar refractivity (Wildman–Crippen MR) is 74.7 cm³/mol. The molecule has 1 unspecified atom stereocenters. The number of anilines is 1. The topological polar surface area (TPSA) is 69.6 Å². The molecule has 5 nitrogen and oxygen atoms in total. The number of carbonyl (C=O) groups is 2. The van der Waals surface area contributed by atoms with Crippen molar-refractivity contribution in [2.45, 2.75) is 31.2 Å². The van der Waals surface area contributed by atoms with Crippen molar-refractivity contribution in [2.75, 3.05) is 18.4 Å². The van der Waals surface area contributed by atoms with E-state index in [0.29, 0.717) is 19.5 Å². The number of hydrogen-bond acceptors (Lipinski definition) is 3. The lowest BCUT2D eigenvalue weighted by Gasteiger charge is -2.34. The van der Waals surface area contributed by atoms with Crippen molar-refractivity contribution >= 4 is 17.6 Å². The van der Waals surface area contributed by atoms with Gasteiger partial charge in [0.2, 0.25) is 5.91 Å². The lowest BCUT2D eigenvalue weighted by molar-refractivity contribution is -0.152. The summed E-state index contributed by atoms with van der Waals surface area (Å²) >= 11 is 0. The van der Waals surface area contributed by atoms with Crippen molar-refractivity contribution in [3.8, 4) is 0 Å². The zero-order valence-corrected chi connectivity index (χ0v) is 11.2.